The van der Waals surface area contributed by atoms with Crippen LogP contribution in [0.1, 0.15) is 16.7 Å². The highest BCUT2D eigenvalue weighted by Crippen LogP contribution is 2.39. The van der Waals surface area contributed by atoms with Crippen molar-refractivity contribution in [2.24, 2.45) is 0 Å². The van der Waals surface area contributed by atoms with Crippen LogP contribution in [0.3, 0.4) is 0 Å². The Hall–Kier alpha value is -3.82. The first-order chi connectivity index (χ1) is 18.2. The van der Waals surface area contributed by atoms with E-state index in [-0.39, 0.29) is 10.0 Å². The second-order valence-electron chi connectivity index (χ2n) is 8.40. The molecule has 192 valence electrons. The average Bonchev–Trinajstić information content (AvgIpc) is 3.19. The second-order valence-corrected chi connectivity index (χ2v) is 10.1. The molecule has 0 saturated carbocycles. The third-order valence-corrected chi connectivity index (χ3v) is 7.28. The lowest BCUT2D eigenvalue weighted by Crippen LogP contribution is -2.27. The van der Waals surface area contributed by atoms with Crippen molar-refractivity contribution < 1.29 is 27.4 Å². The number of thiocarbonyl (C=S) groups is 1. The van der Waals surface area contributed by atoms with E-state index in [1.165, 1.54) is 19.2 Å². The van der Waals surface area contributed by atoms with Gasteiger partial charge < -0.3 is 9.47 Å². The van der Waals surface area contributed by atoms with E-state index in [2.05, 4.69) is 0 Å². The topological polar surface area (TPSA) is 38.8 Å². The standard InChI is InChI=1S/C29H20F3NO3S2/c1-35-25-14-18(12-13-24(25)36-17-20-8-4-7-19-6-2-3-11-23(19)20)15-26-27(34)33(28(37)38-26)22-10-5-9-21(16-22)29(30,31)32/h2-16H,17H2,1H3. The van der Waals surface area contributed by atoms with E-state index in [1.54, 1.807) is 24.3 Å². The number of anilines is 1. The van der Waals surface area contributed by atoms with Gasteiger partial charge in [0.15, 0.2) is 15.8 Å². The first kappa shape index (κ1) is 25.8. The minimum Gasteiger partial charge on any atom is -0.493 e. The molecule has 5 rings (SSSR count). The molecule has 1 aliphatic rings. The van der Waals surface area contributed by atoms with Crippen LogP contribution in [0.2, 0.25) is 0 Å². The molecule has 4 aromatic rings. The summed E-state index contributed by atoms with van der Waals surface area (Å²) in [6.07, 6.45) is -2.90. The molecule has 1 aliphatic heterocycles. The van der Waals surface area contributed by atoms with Crippen LogP contribution in [-0.2, 0) is 17.6 Å². The number of amides is 1. The minimum absolute atomic E-state index is 0.0699. The van der Waals surface area contributed by atoms with Crippen LogP contribution in [0.15, 0.2) is 89.8 Å². The molecule has 38 heavy (non-hydrogen) atoms. The third kappa shape index (κ3) is 5.25. The van der Waals surface area contributed by atoms with Gasteiger partial charge >= 0.3 is 6.18 Å². The number of fused-ring (bicyclic) bond motifs is 1. The summed E-state index contributed by atoms with van der Waals surface area (Å²) in [5.74, 6) is 0.524. The molecule has 1 amide bonds. The van der Waals surface area contributed by atoms with Gasteiger partial charge in [-0.2, -0.15) is 13.2 Å². The number of hydrogen-bond donors (Lipinski definition) is 0. The van der Waals surface area contributed by atoms with Crippen molar-refractivity contribution in [3.8, 4) is 11.5 Å². The lowest BCUT2D eigenvalue weighted by Gasteiger charge is -2.16. The first-order valence-corrected chi connectivity index (χ1v) is 12.7. The fourth-order valence-electron chi connectivity index (χ4n) is 4.13. The fourth-order valence-corrected chi connectivity index (χ4v) is 5.43. The monoisotopic (exact) mass is 551 g/mol. The molecule has 1 saturated heterocycles. The number of carbonyl (C=O) groups excluding carboxylic acids is 1. The van der Waals surface area contributed by atoms with E-state index >= 15 is 0 Å². The van der Waals surface area contributed by atoms with Crippen LogP contribution in [0, 0.1) is 0 Å². The van der Waals surface area contributed by atoms with Gasteiger partial charge in [0, 0.05) is 0 Å². The molecule has 0 radical (unpaired) electrons. The predicted octanol–water partition coefficient (Wildman–Crippen LogP) is 7.85. The molecule has 1 fully saturated rings. The van der Waals surface area contributed by atoms with Gasteiger partial charge in [-0.3, -0.25) is 9.69 Å². The summed E-state index contributed by atoms with van der Waals surface area (Å²) >= 11 is 6.34. The number of alkyl halides is 3. The van der Waals surface area contributed by atoms with Gasteiger partial charge in [-0.05, 0) is 58.3 Å². The Labute approximate surface area is 226 Å². The number of ether oxygens (including phenoxy) is 2. The molecule has 4 nitrogen and oxygen atoms in total. The SMILES string of the molecule is COc1cc(C=C2SC(=S)N(c3cccc(C(F)(F)F)c3)C2=O)ccc1OCc1cccc2ccccc12. The largest absolute Gasteiger partial charge is 0.493 e. The van der Waals surface area contributed by atoms with Crippen molar-refractivity contribution in [1.29, 1.82) is 0 Å². The third-order valence-electron chi connectivity index (χ3n) is 5.97. The number of nitrogens with zero attached hydrogens (tertiary/aromatic N) is 1. The Kier molecular flexibility index (Phi) is 7.14. The summed E-state index contributed by atoms with van der Waals surface area (Å²) in [7, 11) is 1.52. The number of carbonyl (C=O) groups is 1. The van der Waals surface area contributed by atoms with E-state index in [0.29, 0.717) is 28.6 Å². The van der Waals surface area contributed by atoms with Gasteiger partial charge in [-0.25, -0.2) is 0 Å². The number of hydrogen-bond acceptors (Lipinski definition) is 5. The molecule has 0 N–H and O–H groups in total. The zero-order valence-corrected chi connectivity index (χ0v) is 21.6. The zero-order valence-electron chi connectivity index (χ0n) is 20.0. The molecular weight excluding hydrogens is 531 g/mol. The number of thioether (sulfide) groups is 1. The number of rotatable bonds is 6. The van der Waals surface area contributed by atoms with Crippen molar-refractivity contribution >= 4 is 56.7 Å². The molecule has 4 aromatic carbocycles. The van der Waals surface area contributed by atoms with Gasteiger partial charge in [-0.15, -0.1) is 0 Å². The summed E-state index contributed by atoms with van der Waals surface area (Å²) in [6, 6.07) is 23.9. The van der Waals surface area contributed by atoms with Crippen molar-refractivity contribution in [1.82, 2.24) is 0 Å². The number of halogens is 3. The summed E-state index contributed by atoms with van der Waals surface area (Å²) < 4.78 is 51.2. The maximum Gasteiger partial charge on any atom is 0.416 e. The summed E-state index contributed by atoms with van der Waals surface area (Å²) in [5, 5.41) is 2.23. The average molecular weight is 552 g/mol. The van der Waals surface area contributed by atoms with Gasteiger partial charge in [0.25, 0.3) is 5.91 Å². The van der Waals surface area contributed by atoms with Crippen molar-refractivity contribution in [2.75, 3.05) is 12.0 Å². The Morgan fingerprint density at radius 3 is 2.50 bits per heavy atom. The quantitative estimate of drug-likeness (QED) is 0.180. The summed E-state index contributed by atoms with van der Waals surface area (Å²) in [6.45, 7) is 0.340. The Balaban J connectivity index is 1.36. The van der Waals surface area contributed by atoms with Gasteiger partial charge in [0.05, 0.1) is 23.3 Å². The van der Waals surface area contributed by atoms with Crippen LogP contribution in [-0.4, -0.2) is 17.3 Å². The molecule has 1 heterocycles. The zero-order chi connectivity index (χ0) is 26.9. The Morgan fingerprint density at radius 2 is 1.71 bits per heavy atom. The maximum absolute atomic E-state index is 13.2. The molecule has 0 aromatic heterocycles. The summed E-state index contributed by atoms with van der Waals surface area (Å²) in [4.78, 5) is 14.5. The van der Waals surface area contributed by atoms with E-state index in [1.807, 2.05) is 42.5 Å². The smallest absolute Gasteiger partial charge is 0.416 e. The first-order valence-electron chi connectivity index (χ1n) is 11.5. The second kappa shape index (κ2) is 10.5. The fraction of sp³-hybridized carbons (Fsp3) is 0.103. The van der Waals surface area contributed by atoms with Crippen molar-refractivity contribution in [3.63, 3.8) is 0 Å². The Bertz CT molecular complexity index is 1580. The van der Waals surface area contributed by atoms with Crippen LogP contribution < -0.4 is 14.4 Å². The molecule has 0 atom stereocenters. The number of benzene rings is 4. The van der Waals surface area contributed by atoms with E-state index in [0.717, 1.165) is 45.1 Å². The number of methoxy groups -OCH3 is 1. The highest BCUT2D eigenvalue weighted by Gasteiger charge is 2.36. The van der Waals surface area contributed by atoms with E-state index in [9.17, 15) is 18.0 Å². The van der Waals surface area contributed by atoms with E-state index < -0.39 is 17.6 Å². The van der Waals surface area contributed by atoms with Gasteiger partial charge in [0.1, 0.15) is 6.61 Å². The van der Waals surface area contributed by atoms with Crippen LogP contribution in [0.5, 0.6) is 11.5 Å². The predicted molar refractivity (Wildman–Crippen MR) is 148 cm³/mol. The molecule has 0 bridgehead atoms. The Morgan fingerprint density at radius 1 is 0.947 bits per heavy atom. The van der Waals surface area contributed by atoms with Gasteiger partial charge in [0.2, 0.25) is 0 Å². The van der Waals surface area contributed by atoms with Crippen LogP contribution in [0.4, 0.5) is 18.9 Å². The highest BCUT2D eigenvalue weighted by molar-refractivity contribution is 8.27. The molecule has 0 unspecified atom stereocenters. The summed E-state index contributed by atoms with van der Waals surface area (Å²) in [5.41, 5.74) is 0.911. The molecule has 9 heteroatoms. The molecule has 0 aliphatic carbocycles. The van der Waals surface area contributed by atoms with E-state index in [4.69, 9.17) is 21.7 Å². The van der Waals surface area contributed by atoms with Crippen LogP contribution in [0.25, 0.3) is 16.8 Å². The normalized spacial score (nSPS) is 14.9. The van der Waals surface area contributed by atoms with Crippen molar-refractivity contribution in [3.05, 3.63) is 107 Å². The van der Waals surface area contributed by atoms with Crippen molar-refractivity contribution in [2.45, 2.75) is 12.8 Å². The maximum atomic E-state index is 13.2. The minimum atomic E-state index is -4.53. The highest BCUT2D eigenvalue weighted by atomic mass is 32.2. The molecule has 0 spiro atoms. The van der Waals surface area contributed by atoms with Gasteiger partial charge in [-0.1, -0.05) is 78.6 Å². The molecular formula is C29H20F3NO3S2. The lowest BCUT2D eigenvalue weighted by molar-refractivity contribution is -0.137. The van der Waals surface area contributed by atoms with Crippen LogP contribution >= 0.6 is 24.0 Å². The lowest BCUT2D eigenvalue weighted by atomic mass is 10.1.